The van der Waals surface area contributed by atoms with Crippen LogP contribution in [0.2, 0.25) is 0 Å². The van der Waals surface area contributed by atoms with Gasteiger partial charge in [-0.05, 0) is 12.1 Å². The van der Waals surface area contributed by atoms with Gasteiger partial charge in [0.2, 0.25) is 0 Å². The summed E-state index contributed by atoms with van der Waals surface area (Å²) in [7, 11) is 0. The highest BCUT2D eigenvalue weighted by atomic mass is 19.2. The first-order valence-electron chi connectivity index (χ1n) is 5.77. The Balaban J connectivity index is 2.32. The van der Waals surface area contributed by atoms with E-state index in [0.29, 0.717) is 0 Å². The van der Waals surface area contributed by atoms with Gasteiger partial charge in [-0.1, -0.05) is 0 Å². The second-order valence-corrected chi connectivity index (χ2v) is 4.37. The van der Waals surface area contributed by atoms with Crippen molar-refractivity contribution in [3.05, 3.63) is 57.4 Å². The molecule has 2 heterocycles. The summed E-state index contributed by atoms with van der Waals surface area (Å²) in [6, 6.07) is 3.66. The van der Waals surface area contributed by atoms with Crippen LogP contribution in [0, 0.1) is 11.6 Å². The number of nitrogens with one attached hydrogen (secondary N) is 1. The average Bonchev–Trinajstić information content (AvgIpc) is 2.69. The van der Waals surface area contributed by atoms with E-state index in [1.807, 2.05) is 5.32 Å². The zero-order valence-corrected chi connectivity index (χ0v) is 10.3. The molecule has 6 nitrogen and oxygen atoms in total. The number of nitrogens with two attached hydrogens (primary N) is 1. The minimum atomic E-state index is -1.17. The zero-order valence-electron chi connectivity index (χ0n) is 10.3. The predicted molar refractivity (Wildman–Crippen MR) is 68.2 cm³/mol. The first-order valence-corrected chi connectivity index (χ1v) is 5.77. The standard InChI is InChI=1S/C13H7F2N3O3/c14-7-2-1-5(3-8(7)15)18-9(19)4-6-10(11(18)16)13(21)17-12(6)20/h1-4H,16H2,(H,17,20,21). The van der Waals surface area contributed by atoms with Crippen molar-refractivity contribution in [3.8, 4) is 5.69 Å². The number of imide groups is 1. The molecule has 0 saturated heterocycles. The normalized spacial score (nSPS) is 13.2. The summed E-state index contributed by atoms with van der Waals surface area (Å²) in [4.78, 5) is 35.2. The summed E-state index contributed by atoms with van der Waals surface area (Å²) in [6.45, 7) is 0. The number of hydrogen-bond acceptors (Lipinski definition) is 4. The van der Waals surface area contributed by atoms with Crippen LogP contribution in [0.4, 0.5) is 14.6 Å². The summed E-state index contributed by atoms with van der Waals surface area (Å²) in [5, 5.41) is 2.01. The molecule has 21 heavy (non-hydrogen) atoms. The molecule has 1 aromatic heterocycles. The monoisotopic (exact) mass is 291 g/mol. The first kappa shape index (κ1) is 13.0. The summed E-state index contributed by atoms with van der Waals surface area (Å²) >= 11 is 0. The van der Waals surface area contributed by atoms with Gasteiger partial charge in [0.1, 0.15) is 5.82 Å². The number of carbonyl (C=O) groups is 2. The topological polar surface area (TPSA) is 94.2 Å². The lowest BCUT2D eigenvalue weighted by molar-refractivity contribution is 0.0880. The van der Waals surface area contributed by atoms with Gasteiger partial charge in [-0.25, -0.2) is 8.78 Å². The molecule has 3 rings (SSSR count). The lowest BCUT2D eigenvalue weighted by Gasteiger charge is -2.11. The van der Waals surface area contributed by atoms with Gasteiger partial charge < -0.3 is 5.73 Å². The summed E-state index contributed by atoms with van der Waals surface area (Å²) in [5.74, 6) is -4.04. The number of fused-ring (bicyclic) bond motifs is 1. The van der Waals surface area contributed by atoms with Gasteiger partial charge in [0, 0.05) is 12.1 Å². The third-order valence-electron chi connectivity index (χ3n) is 3.11. The van der Waals surface area contributed by atoms with E-state index < -0.39 is 29.0 Å². The Bertz CT molecular complexity index is 874. The van der Waals surface area contributed by atoms with Gasteiger partial charge in [-0.15, -0.1) is 0 Å². The molecule has 1 aliphatic rings. The fourth-order valence-electron chi connectivity index (χ4n) is 2.17. The van der Waals surface area contributed by atoms with Crippen molar-refractivity contribution in [2.45, 2.75) is 0 Å². The predicted octanol–water partition coefficient (Wildman–Crippen LogP) is 0.582. The molecule has 106 valence electrons. The number of rotatable bonds is 1. The number of carbonyl (C=O) groups excluding carboxylic acids is 2. The van der Waals surface area contributed by atoms with E-state index in [4.69, 9.17) is 5.73 Å². The molecule has 8 heteroatoms. The third kappa shape index (κ3) is 1.80. The van der Waals surface area contributed by atoms with Crippen LogP contribution in [0.1, 0.15) is 20.7 Å². The van der Waals surface area contributed by atoms with Crippen molar-refractivity contribution in [3.63, 3.8) is 0 Å². The highest BCUT2D eigenvalue weighted by molar-refractivity contribution is 6.23. The Morgan fingerprint density at radius 2 is 1.71 bits per heavy atom. The van der Waals surface area contributed by atoms with Gasteiger partial charge in [-0.3, -0.25) is 24.3 Å². The largest absolute Gasteiger partial charge is 0.384 e. The maximum atomic E-state index is 13.3. The van der Waals surface area contributed by atoms with Gasteiger partial charge in [0.15, 0.2) is 11.6 Å². The SMILES string of the molecule is Nc1c2c(cc(=O)n1-c1ccc(F)c(F)c1)C(=O)NC2=O. The Kier molecular flexibility index (Phi) is 2.62. The fraction of sp³-hybridized carbons (Fsp3) is 0. The van der Waals surface area contributed by atoms with Crippen molar-refractivity contribution in [1.29, 1.82) is 0 Å². The molecule has 0 radical (unpaired) electrons. The number of aromatic nitrogens is 1. The summed E-state index contributed by atoms with van der Waals surface area (Å²) < 4.78 is 27.1. The summed E-state index contributed by atoms with van der Waals surface area (Å²) in [5.41, 5.74) is 4.66. The van der Waals surface area contributed by atoms with E-state index >= 15 is 0 Å². The molecule has 1 aliphatic heterocycles. The number of hydrogen-bond donors (Lipinski definition) is 2. The highest BCUT2D eigenvalue weighted by Gasteiger charge is 2.31. The van der Waals surface area contributed by atoms with Crippen LogP contribution >= 0.6 is 0 Å². The molecule has 1 aromatic carbocycles. The molecule has 0 fully saturated rings. The van der Waals surface area contributed by atoms with Gasteiger partial charge in [0.25, 0.3) is 17.4 Å². The van der Waals surface area contributed by atoms with E-state index in [1.54, 1.807) is 0 Å². The first-order chi connectivity index (χ1) is 9.90. The number of pyridine rings is 1. The number of benzene rings is 1. The van der Waals surface area contributed by atoms with Crippen LogP contribution < -0.4 is 16.6 Å². The van der Waals surface area contributed by atoms with Crippen molar-refractivity contribution >= 4 is 17.6 Å². The number of nitrogens with zero attached hydrogens (tertiary/aromatic N) is 1. The van der Waals surface area contributed by atoms with E-state index in [-0.39, 0.29) is 22.6 Å². The maximum Gasteiger partial charge on any atom is 0.262 e. The maximum absolute atomic E-state index is 13.3. The van der Waals surface area contributed by atoms with Crippen molar-refractivity contribution in [2.75, 3.05) is 5.73 Å². The molecule has 0 bridgehead atoms. The molecule has 2 aromatic rings. The van der Waals surface area contributed by atoms with Crippen LogP contribution in [0.25, 0.3) is 5.69 Å². The number of amides is 2. The van der Waals surface area contributed by atoms with Crippen LogP contribution in [-0.2, 0) is 0 Å². The smallest absolute Gasteiger partial charge is 0.262 e. The number of halogens is 2. The Hall–Kier alpha value is -3.03. The van der Waals surface area contributed by atoms with Gasteiger partial charge in [0.05, 0.1) is 16.8 Å². The quantitative estimate of drug-likeness (QED) is 0.751. The second-order valence-electron chi connectivity index (χ2n) is 4.37. The Labute approximate surface area is 115 Å². The number of nitrogen functional groups attached to an aromatic ring is 1. The molecule has 0 saturated carbocycles. The second kappa shape index (κ2) is 4.23. The van der Waals surface area contributed by atoms with Crippen LogP contribution in [0.15, 0.2) is 29.1 Å². The molecule has 0 aliphatic carbocycles. The molecular formula is C13H7F2N3O3. The minimum absolute atomic E-state index is 0.0497. The molecular weight excluding hydrogens is 284 g/mol. The van der Waals surface area contributed by atoms with Crippen molar-refractivity contribution in [2.24, 2.45) is 0 Å². The van der Waals surface area contributed by atoms with Crippen molar-refractivity contribution < 1.29 is 18.4 Å². The van der Waals surface area contributed by atoms with Gasteiger partial charge >= 0.3 is 0 Å². The minimum Gasteiger partial charge on any atom is -0.384 e. The molecule has 0 unspecified atom stereocenters. The molecule has 0 spiro atoms. The van der Waals surface area contributed by atoms with Crippen LogP contribution in [-0.4, -0.2) is 16.4 Å². The van der Waals surface area contributed by atoms with E-state index in [2.05, 4.69) is 0 Å². The summed E-state index contributed by atoms with van der Waals surface area (Å²) in [6.07, 6.45) is 0. The Morgan fingerprint density at radius 1 is 1.00 bits per heavy atom. The zero-order chi connectivity index (χ0) is 15.3. The number of anilines is 1. The molecule has 2 amide bonds. The lowest BCUT2D eigenvalue weighted by atomic mass is 10.1. The van der Waals surface area contributed by atoms with Crippen LogP contribution in [0.5, 0.6) is 0 Å². The third-order valence-corrected chi connectivity index (χ3v) is 3.11. The van der Waals surface area contributed by atoms with E-state index in [0.717, 1.165) is 28.8 Å². The lowest BCUT2D eigenvalue weighted by Crippen LogP contribution is -2.24. The Morgan fingerprint density at radius 3 is 2.38 bits per heavy atom. The van der Waals surface area contributed by atoms with Crippen LogP contribution in [0.3, 0.4) is 0 Å². The van der Waals surface area contributed by atoms with Gasteiger partial charge in [-0.2, -0.15) is 0 Å². The van der Waals surface area contributed by atoms with E-state index in [1.165, 1.54) is 0 Å². The van der Waals surface area contributed by atoms with Crippen molar-refractivity contribution in [1.82, 2.24) is 9.88 Å². The van der Waals surface area contributed by atoms with E-state index in [9.17, 15) is 23.2 Å². The highest BCUT2D eigenvalue weighted by Crippen LogP contribution is 2.23. The molecule has 0 atom stereocenters. The molecule has 3 N–H and O–H groups in total. The fourth-order valence-corrected chi connectivity index (χ4v) is 2.17. The average molecular weight is 291 g/mol.